The standard InChI is InChI=1S/C37H39NO2Si/c1-37(2,3)41(4,5)38-26-33(30-23-15-16-24-34(30)38)31(27-17-9-6-10-18-27)25-32(35(39)28-19-11-7-12-20-28)36(40)29-21-13-8-14-22-29/h6-24,26,31-32H,25H2,1-5H3/t31-/m1/s1. The van der Waals surface area contributed by atoms with Crippen molar-refractivity contribution in [3.05, 3.63) is 144 Å². The van der Waals surface area contributed by atoms with Crippen molar-refractivity contribution in [3.63, 3.8) is 0 Å². The van der Waals surface area contributed by atoms with Gasteiger partial charge in [0.05, 0.1) is 5.92 Å². The number of fused-ring (bicyclic) bond motifs is 1. The molecule has 5 aromatic rings. The molecule has 4 heteroatoms. The Kier molecular flexibility index (Phi) is 7.97. The molecule has 1 heterocycles. The van der Waals surface area contributed by atoms with Gasteiger partial charge in [0.1, 0.15) is 0 Å². The number of ketones is 2. The van der Waals surface area contributed by atoms with E-state index in [2.05, 4.69) is 80.7 Å². The molecule has 0 bridgehead atoms. The molecule has 0 amide bonds. The molecule has 3 nitrogen and oxygen atoms in total. The minimum absolute atomic E-state index is 0.128. The van der Waals surface area contributed by atoms with Crippen molar-refractivity contribution in [2.45, 2.75) is 51.2 Å². The Morgan fingerprint density at radius 3 is 1.66 bits per heavy atom. The summed E-state index contributed by atoms with van der Waals surface area (Å²) in [6, 6.07) is 37.4. The number of rotatable bonds is 9. The van der Waals surface area contributed by atoms with Crippen molar-refractivity contribution in [2.75, 3.05) is 0 Å². The van der Waals surface area contributed by atoms with Gasteiger partial charge in [-0.25, -0.2) is 0 Å². The van der Waals surface area contributed by atoms with Gasteiger partial charge in [-0.3, -0.25) is 9.59 Å². The van der Waals surface area contributed by atoms with Crippen molar-refractivity contribution in [2.24, 2.45) is 5.92 Å². The lowest BCUT2D eigenvalue weighted by atomic mass is 9.78. The molecule has 5 rings (SSSR count). The molecule has 0 aliphatic rings. The highest BCUT2D eigenvalue weighted by molar-refractivity contribution is 6.79. The first-order valence-corrected chi connectivity index (χ1v) is 17.4. The number of carbonyl (C=O) groups is 2. The third kappa shape index (κ3) is 5.62. The predicted molar refractivity (Wildman–Crippen MR) is 172 cm³/mol. The summed E-state index contributed by atoms with van der Waals surface area (Å²) in [5, 5.41) is 1.31. The maximum absolute atomic E-state index is 14.1. The van der Waals surface area contributed by atoms with E-state index in [1.54, 1.807) is 0 Å². The Morgan fingerprint density at radius 1 is 0.683 bits per heavy atom. The quantitative estimate of drug-likeness (QED) is 0.103. The zero-order valence-electron chi connectivity index (χ0n) is 24.7. The summed E-state index contributed by atoms with van der Waals surface area (Å²) >= 11 is 0. The van der Waals surface area contributed by atoms with Crippen LogP contribution >= 0.6 is 0 Å². The molecule has 0 spiro atoms. The van der Waals surface area contributed by atoms with Gasteiger partial charge in [-0.15, -0.1) is 0 Å². The maximum atomic E-state index is 14.1. The lowest BCUT2D eigenvalue weighted by molar-refractivity contribution is 0.0796. The van der Waals surface area contributed by atoms with Crippen molar-refractivity contribution >= 4 is 30.7 Å². The Bertz CT molecular complexity index is 1600. The fourth-order valence-corrected chi connectivity index (χ4v) is 7.59. The van der Waals surface area contributed by atoms with Gasteiger partial charge < -0.3 is 4.23 Å². The Labute approximate surface area is 245 Å². The van der Waals surface area contributed by atoms with Crippen LogP contribution in [0.15, 0.2) is 121 Å². The van der Waals surface area contributed by atoms with Crippen LogP contribution in [0.4, 0.5) is 0 Å². The average molecular weight is 558 g/mol. The van der Waals surface area contributed by atoms with Crippen LogP contribution < -0.4 is 0 Å². The molecule has 1 aromatic heterocycles. The van der Waals surface area contributed by atoms with E-state index in [1.807, 2.05) is 78.9 Å². The molecule has 0 N–H and O–H groups in total. The summed E-state index contributed by atoms with van der Waals surface area (Å²) in [7, 11) is -1.98. The summed E-state index contributed by atoms with van der Waals surface area (Å²) in [6.07, 6.45) is 2.72. The van der Waals surface area contributed by atoms with Gasteiger partial charge in [0.15, 0.2) is 19.8 Å². The number of para-hydroxylation sites is 1. The normalized spacial score (nSPS) is 12.9. The monoisotopic (exact) mass is 557 g/mol. The van der Waals surface area contributed by atoms with Crippen LogP contribution in [0, 0.1) is 5.92 Å². The molecule has 0 aliphatic heterocycles. The first-order valence-electron chi connectivity index (χ1n) is 14.4. The lowest BCUT2D eigenvalue weighted by Crippen LogP contribution is -2.44. The van der Waals surface area contributed by atoms with Crippen molar-refractivity contribution in [1.82, 2.24) is 4.23 Å². The first kappa shape index (κ1) is 28.5. The third-order valence-corrected chi connectivity index (χ3v) is 14.2. The van der Waals surface area contributed by atoms with Gasteiger partial charge in [-0.05, 0) is 28.7 Å². The first-order chi connectivity index (χ1) is 19.6. The average Bonchev–Trinajstić information content (AvgIpc) is 3.38. The lowest BCUT2D eigenvalue weighted by Gasteiger charge is -2.38. The molecule has 0 aliphatic carbocycles. The van der Waals surface area contributed by atoms with E-state index in [0.29, 0.717) is 17.5 Å². The van der Waals surface area contributed by atoms with Gasteiger partial charge >= 0.3 is 0 Å². The van der Waals surface area contributed by atoms with Crippen LogP contribution in [0.1, 0.15) is 65.0 Å². The second kappa shape index (κ2) is 11.5. The number of Topliss-reactive ketones (excluding diaryl/α,β-unsaturated/α-hetero) is 2. The van der Waals surface area contributed by atoms with E-state index in [-0.39, 0.29) is 22.5 Å². The number of carbonyl (C=O) groups excluding carboxylic acids is 2. The molecule has 0 saturated carbocycles. The molecular formula is C37H39NO2Si. The second-order valence-corrected chi connectivity index (χ2v) is 17.6. The fraction of sp³-hybridized carbons (Fsp3) is 0.243. The van der Waals surface area contributed by atoms with E-state index in [1.165, 1.54) is 16.5 Å². The van der Waals surface area contributed by atoms with E-state index in [0.717, 1.165) is 5.56 Å². The summed E-state index contributed by atoms with van der Waals surface area (Å²) in [4.78, 5) is 28.2. The summed E-state index contributed by atoms with van der Waals surface area (Å²) in [5.74, 6) is -1.22. The Hall–Kier alpha value is -4.02. The highest BCUT2D eigenvalue weighted by Crippen LogP contribution is 2.43. The van der Waals surface area contributed by atoms with Gasteiger partial charge in [0, 0.05) is 34.1 Å². The number of aromatic nitrogens is 1. The minimum Gasteiger partial charge on any atom is -0.374 e. The highest BCUT2D eigenvalue weighted by atomic mass is 28.3. The zero-order chi connectivity index (χ0) is 29.2. The molecule has 41 heavy (non-hydrogen) atoms. The van der Waals surface area contributed by atoms with Gasteiger partial charge in [0.2, 0.25) is 0 Å². The van der Waals surface area contributed by atoms with Gasteiger partial charge in [-0.2, -0.15) is 0 Å². The summed E-state index contributed by atoms with van der Waals surface area (Å²) in [6.45, 7) is 11.8. The smallest absolute Gasteiger partial charge is 0.173 e. The minimum atomic E-state index is -1.98. The molecule has 208 valence electrons. The maximum Gasteiger partial charge on any atom is 0.173 e. The number of benzene rings is 4. The van der Waals surface area contributed by atoms with Gasteiger partial charge in [-0.1, -0.05) is 143 Å². The Morgan fingerprint density at radius 2 is 1.15 bits per heavy atom. The number of hydrogen-bond acceptors (Lipinski definition) is 2. The van der Waals surface area contributed by atoms with E-state index >= 15 is 0 Å². The van der Waals surface area contributed by atoms with Crippen LogP contribution in [0.2, 0.25) is 18.1 Å². The summed E-state index contributed by atoms with van der Waals surface area (Å²) < 4.78 is 2.53. The molecule has 1 atom stereocenters. The number of nitrogens with zero attached hydrogens (tertiary/aromatic N) is 1. The van der Waals surface area contributed by atoms with E-state index < -0.39 is 14.2 Å². The van der Waals surface area contributed by atoms with Crippen LogP contribution in [0.25, 0.3) is 10.9 Å². The molecule has 0 saturated heterocycles. The SMILES string of the molecule is CC(C)(C)[Si](C)(C)n1cc([C@H](CC(C(=O)c2ccccc2)C(=O)c2ccccc2)c2ccccc2)c2ccccc21. The Balaban J connectivity index is 1.70. The molecule has 0 radical (unpaired) electrons. The zero-order valence-corrected chi connectivity index (χ0v) is 25.7. The molecule has 0 unspecified atom stereocenters. The van der Waals surface area contributed by atoms with Crippen LogP contribution in [0.3, 0.4) is 0 Å². The van der Waals surface area contributed by atoms with Crippen LogP contribution in [0.5, 0.6) is 0 Å². The number of hydrogen-bond donors (Lipinski definition) is 0. The second-order valence-electron chi connectivity index (χ2n) is 12.5. The van der Waals surface area contributed by atoms with Crippen molar-refractivity contribution in [1.29, 1.82) is 0 Å². The van der Waals surface area contributed by atoms with E-state index in [9.17, 15) is 9.59 Å². The topological polar surface area (TPSA) is 39.1 Å². The van der Waals surface area contributed by atoms with Crippen LogP contribution in [-0.4, -0.2) is 24.0 Å². The van der Waals surface area contributed by atoms with Gasteiger partial charge in [0.25, 0.3) is 0 Å². The predicted octanol–water partition coefficient (Wildman–Crippen LogP) is 9.40. The van der Waals surface area contributed by atoms with E-state index in [4.69, 9.17) is 0 Å². The molecule has 0 fully saturated rings. The third-order valence-electron chi connectivity index (χ3n) is 8.98. The largest absolute Gasteiger partial charge is 0.374 e. The fourth-order valence-electron chi connectivity index (χ4n) is 5.61. The highest BCUT2D eigenvalue weighted by Gasteiger charge is 2.40. The van der Waals surface area contributed by atoms with Crippen molar-refractivity contribution in [3.8, 4) is 0 Å². The van der Waals surface area contributed by atoms with Crippen molar-refractivity contribution < 1.29 is 9.59 Å². The molecule has 4 aromatic carbocycles. The van der Waals surface area contributed by atoms with Crippen LogP contribution in [-0.2, 0) is 0 Å². The molecular weight excluding hydrogens is 518 g/mol. The summed E-state index contributed by atoms with van der Waals surface area (Å²) in [5.41, 5.74) is 4.63.